The Kier molecular flexibility index (Phi) is 3.62. The molecule has 1 atom stereocenters. The zero-order valence-corrected chi connectivity index (χ0v) is 10.3. The van der Waals surface area contributed by atoms with Gasteiger partial charge in [0.15, 0.2) is 5.75 Å². The molecule has 0 unspecified atom stereocenters. The molecule has 1 aromatic carbocycles. The quantitative estimate of drug-likeness (QED) is 0.906. The molecule has 2 rings (SSSR count). The summed E-state index contributed by atoms with van der Waals surface area (Å²) in [6.07, 6.45) is 2.46. The third-order valence-corrected chi connectivity index (χ3v) is 2.57. The lowest BCUT2D eigenvalue weighted by Gasteiger charge is -2.08. The molecule has 18 heavy (non-hydrogen) atoms. The van der Waals surface area contributed by atoms with Crippen LogP contribution in [0, 0.1) is 5.82 Å². The maximum absolute atomic E-state index is 13.9. The van der Waals surface area contributed by atoms with E-state index in [9.17, 15) is 9.50 Å². The smallest absolute Gasteiger partial charge is 0.157 e. The van der Waals surface area contributed by atoms with Crippen LogP contribution in [0.5, 0.6) is 5.75 Å². The first-order chi connectivity index (χ1) is 8.61. The van der Waals surface area contributed by atoms with Crippen molar-refractivity contribution in [1.29, 1.82) is 0 Å². The van der Waals surface area contributed by atoms with Gasteiger partial charge >= 0.3 is 0 Å². The predicted octanol–water partition coefficient (Wildman–Crippen LogP) is 2.46. The highest BCUT2D eigenvalue weighted by Gasteiger charge is 2.10. The molecule has 0 saturated heterocycles. The van der Waals surface area contributed by atoms with Crippen LogP contribution in [0.2, 0.25) is 0 Å². The molecule has 1 heterocycles. The third kappa shape index (κ3) is 2.51. The number of halogens is 1. The van der Waals surface area contributed by atoms with Crippen molar-refractivity contribution in [3.63, 3.8) is 0 Å². The van der Waals surface area contributed by atoms with E-state index in [0.717, 1.165) is 0 Å². The largest absolute Gasteiger partial charge is 0.491 e. The van der Waals surface area contributed by atoms with E-state index in [1.807, 2.05) is 6.92 Å². The number of hydrogen-bond donors (Lipinski definition) is 1. The molecule has 0 saturated carbocycles. The number of aliphatic hydroxyl groups excluding tert-OH is 1. The molecule has 96 valence electrons. The fourth-order valence-corrected chi connectivity index (χ4v) is 1.65. The lowest BCUT2D eigenvalue weighted by atomic mass is 10.1. The molecule has 0 bridgehead atoms. The Morgan fingerprint density at radius 1 is 1.50 bits per heavy atom. The Balaban J connectivity index is 2.32. The maximum atomic E-state index is 13.9. The monoisotopic (exact) mass is 250 g/mol. The van der Waals surface area contributed by atoms with Gasteiger partial charge in [0.1, 0.15) is 11.5 Å². The van der Waals surface area contributed by atoms with Crippen molar-refractivity contribution in [2.75, 3.05) is 6.61 Å². The number of aromatic nitrogens is 2. The van der Waals surface area contributed by atoms with Crippen molar-refractivity contribution in [2.24, 2.45) is 0 Å². The lowest BCUT2D eigenvalue weighted by Crippen LogP contribution is -2.00. The second-order valence-electron chi connectivity index (χ2n) is 3.94. The first-order valence-corrected chi connectivity index (χ1v) is 5.77. The lowest BCUT2D eigenvalue weighted by molar-refractivity contribution is 0.199. The number of hydrogen-bond acceptors (Lipinski definition) is 3. The summed E-state index contributed by atoms with van der Waals surface area (Å²) in [5.74, 6) is 0.163. The summed E-state index contributed by atoms with van der Waals surface area (Å²) in [6, 6.07) is 4.56. The van der Waals surface area contributed by atoms with Gasteiger partial charge in [-0.1, -0.05) is 6.07 Å². The number of ether oxygens (including phenoxy) is 1. The second-order valence-corrected chi connectivity index (χ2v) is 3.94. The van der Waals surface area contributed by atoms with Gasteiger partial charge in [-0.3, -0.25) is 0 Å². The van der Waals surface area contributed by atoms with Crippen LogP contribution in [0.4, 0.5) is 4.39 Å². The van der Waals surface area contributed by atoms with Crippen molar-refractivity contribution in [3.05, 3.63) is 42.0 Å². The highest BCUT2D eigenvalue weighted by atomic mass is 19.1. The molecule has 0 radical (unpaired) electrons. The fourth-order valence-electron chi connectivity index (χ4n) is 1.65. The van der Waals surface area contributed by atoms with E-state index in [1.165, 1.54) is 16.9 Å². The molecule has 5 heteroatoms. The summed E-state index contributed by atoms with van der Waals surface area (Å²) >= 11 is 0. The van der Waals surface area contributed by atoms with Gasteiger partial charge in [0.05, 0.1) is 25.1 Å². The average molecular weight is 250 g/mol. The molecule has 2 aromatic rings. The molecule has 0 aliphatic carbocycles. The minimum atomic E-state index is -0.690. The van der Waals surface area contributed by atoms with Gasteiger partial charge < -0.3 is 9.84 Å². The summed E-state index contributed by atoms with van der Waals surface area (Å²) < 4.78 is 20.6. The normalized spacial score (nSPS) is 12.4. The first kappa shape index (κ1) is 12.6. The Bertz CT molecular complexity index is 538. The van der Waals surface area contributed by atoms with E-state index in [0.29, 0.717) is 23.6 Å². The van der Waals surface area contributed by atoms with Crippen molar-refractivity contribution >= 4 is 0 Å². The molecular formula is C13H15FN2O2. The van der Waals surface area contributed by atoms with Gasteiger partial charge in [-0.2, -0.15) is 5.10 Å². The molecule has 0 spiro atoms. The summed E-state index contributed by atoms with van der Waals surface area (Å²) in [6.45, 7) is 4.00. The molecule has 0 aliphatic heterocycles. The van der Waals surface area contributed by atoms with Gasteiger partial charge in [-0.25, -0.2) is 9.07 Å². The van der Waals surface area contributed by atoms with E-state index in [1.54, 1.807) is 25.3 Å². The van der Waals surface area contributed by atoms with E-state index < -0.39 is 11.9 Å². The number of rotatable bonds is 4. The fraction of sp³-hybridized carbons (Fsp3) is 0.308. The van der Waals surface area contributed by atoms with E-state index >= 15 is 0 Å². The van der Waals surface area contributed by atoms with Crippen LogP contribution in [0.3, 0.4) is 0 Å². The minimum absolute atomic E-state index is 0.324. The summed E-state index contributed by atoms with van der Waals surface area (Å²) in [5, 5.41) is 13.4. The summed E-state index contributed by atoms with van der Waals surface area (Å²) in [4.78, 5) is 0. The van der Waals surface area contributed by atoms with E-state index in [-0.39, 0.29) is 0 Å². The van der Waals surface area contributed by atoms with Crippen molar-refractivity contribution < 1.29 is 14.2 Å². The molecule has 0 fully saturated rings. The Hall–Kier alpha value is -1.88. The summed E-state index contributed by atoms with van der Waals surface area (Å²) in [5.41, 5.74) is 0.860. The molecule has 0 aliphatic rings. The Labute approximate surface area is 105 Å². The van der Waals surface area contributed by atoms with Gasteiger partial charge in [-0.05, 0) is 31.5 Å². The number of aliphatic hydroxyl groups is 1. The topological polar surface area (TPSA) is 47.3 Å². The average Bonchev–Trinajstić information content (AvgIpc) is 2.77. The van der Waals surface area contributed by atoms with Crippen LogP contribution in [-0.4, -0.2) is 21.5 Å². The standard InChI is InChI=1S/C13H15FN2O2/c1-3-18-11-7-15-16(8-11)13-5-4-10(9(2)17)6-12(13)14/h4-9,17H,3H2,1-2H3/t9-/m0/s1. The van der Waals surface area contributed by atoms with Gasteiger partial charge in [-0.15, -0.1) is 0 Å². The number of benzene rings is 1. The first-order valence-electron chi connectivity index (χ1n) is 5.77. The zero-order valence-electron chi connectivity index (χ0n) is 10.3. The van der Waals surface area contributed by atoms with Crippen LogP contribution in [0.1, 0.15) is 25.5 Å². The molecular weight excluding hydrogens is 235 g/mol. The van der Waals surface area contributed by atoms with Crippen molar-refractivity contribution in [2.45, 2.75) is 20.0 Å². The van der Waals surface area contributed by atoms with Crippen LogP contribution in [-0.2, 0) is 0 Å². The molecule has 0 amide bonds. The van der Waals surface area contributed by atoms with Gasteiger partial charge in [0.25, 0.3) is 0 Å². The maximum Gasteiger partial charge on any atom is 0.157 e. The van der Waals surface area contributed by atoms with Gasteiger partial charge in [0.2, 0.25) is 0 Å². The number of nitrogens with zero attached hydrogens (tertiary/aromatic N) is 2. The second kappa shape index (κ2) is 5.18. The van der Waals surface area contributed by atoms with Crippen LogP contribution in [0.25, 0.3) is 5.69 Å². The minimum Gasteiger partial charge on any atom is -0.491 e. The highest BCUT2D eigenvalue weighted by Crippen LogP contribution is 2.20. The van der Waals surface area contributed by atoms with Crippen LogP contribution in [0.15, 0.2) is 30.6 Å². The van der Waals surface area contributed by atoms with E-state index in [2.05, 4.69) is 5.10 Å². The van der Waals surface area contributed by atoms with Crippen molar-refractivity contribution in [3.8, 4) is 11.4 Å². The van der Waals surface area contributed by atoms with E-state index in [4.69, 9.17) is 4.74 Å². The SMILES string of the molecule is CCOc1cnn(-c2ccc([C@H](C)O)cc2F)c1. The van der Waals surface area contributed by atoms with Crippen molar-refractivity contribution in [1.82, 2.24) is 9.78 Å². The van der Waals surface area contributed by atoms with Crippen LogP contribution >= 0.6 is 0 Å². The molecule has 1 N–H and O–H groups in total. The highest BCUT2D eigenvalue weighted by molar-refractivity contribution is 5.37. The summed E-state index contributed by atoms with van der Waals surface area (Å²) in [7, 11) is 0. The Morgan fingerprint density at radius 2 is 2.28 bits per heavy atom. The molecule has 4 nitrogen and oxygen atoms in total. The third-order valence-electron chi connectivity index (χ3n) is 2.57. The van der Waals surface area contributed by atoms with Crippen LogP contribution < -0.4 is 4.74 Å². The molecule has 1 aromatic heterocycles. The van der Waals surface area contributed by atoms with Gasteiger partial charge in [0, 0.05) is 0 Å². The zero-order chi connectivity index (χ0) is 13.1. The predicted molar refractivity (Wildman–Crippen MR) is 65.3 cm³/mol. The Morgan fingerprint density at radius 3 is 2.89 bits per heavy atom.